The zero-order chi connectivity index (χ0) is 14.0. The Morgan fingerprint density at radius 3 is 2.00 bits per heavy atom. The van der Waals surface area contributed by atoms with Crippen molar-refractivity contribution in [1.29, 1.82) is 0 Å². The highest BCUT2D eigenvalue weighted by atomic mass is 32.2. The van der Waals surface area contributed by atoms with Crippen LogP contribution in [0.2, 0.25) is 0 Å². The van der Waals surface area contributed by atoms with Gasteiger partial charge in [0.05, 0.1) is 39.6 Å². The Hall–Kier alpha value is 0.190. The van der Waals surface area contributed by atoms with E-state index in [-0.39, 0.29) is 6.61 Å². The van der Waals surface area contributed by atoms with E-state index in [0.717, 1.165) is 31.3 Å². The van der Waals surface area contributed by atoms with Gasteiger partial charge >= 0.3 is 0 Å². The zero-order valence-electron chi connectivity index (χ0n) is 12.3. The molecule has 0 aromatic heterocycles. The largest absolute Gasteiger partial charge is 0.394 e. The molecule has 0 saturated heterocycles. The Morgan fingerprint density at radius 1 is 0.737 bits per heavy atom. The number of hydrogen-bond acceptors (Lipinski definition) is 5. The van der Waals surface area contributed by atoms with E-state index in [2.05, 4.69) is 6.92 Å². The van der Waals surface area contributed by atoms with Gasteiger partial charge in [0.2, 0.25) is 0 Å². The molecular formula is C14H30O4S. The number of aliphatic hydroxyl groups excluding tert-OH is 1. The second-order valence-corrected chi connectivity index (χ2v) is 5.46. The molecule has 0 bridgehead atoms. The standard InChI is InChI=1S/C14H30O4S/c1-2-3-4-5-7-16-11-13-19-14-12-18-10-9-17-8-6-15/h15H,2-14H2,1H3. The number of rotatable bonds is 16. The van der Waals surface area contributed by atoms with Gasteiger partial charge in [-0.15, -0.1) is 0 Å². The van der Waals surface area contributed by atoms with Gasteiger partial charge in [-0.3, -0.25) is 0 Å². The summed E-state index contributed by atoms with van der Waals surface area (Å²) in [6, 6.07) is 0. The van der Waals surface area contributed by atoms with Crippen LogP contribution in [0.15, 0.2) is 0 Å². The third kappa shape index (κ3) is 18.2. The molecule has 0 heterocycles. The van der Waals surface area contributed by atoms with Crippen LogP contribution in [0.4, 0.5) is 0 Å². The first-order valence-electron chi connectivity index (χ1n) is 7.33. The number of ether oxygens (including phenoxy) is 3. The lowest BCUT2D eigenvalue weighted by molar-refractivity contribution is 0.0377. The maximum absolute atomic E-state index is 8.49. The average Bonchev–Trinajstić information content (AvgIpc) is 2.43. The van der Waals surface area contributed by atoms with Crippen LogP contribution in [0, 0.1) is 0 Å². The summed E-state index contributed by atoms with van der Waals surface area (Å²) < 4.78 is 16.0. The smallest absolute Gasteiger partial charge is 0.0701 e. The molecule has 0 aliphatic carbocycles. The fourth-order valence-electron chi connectivity index (χ4n) is 1.46. The molecule has 0 aromatic carbocycles. The third-order valence-corrected chi connectivity index (χ3v) is 3.40. The van der Waals surface area contributed by atoms with Crippen LogP contribution >= 0.6 is 11.8 Å². The van der Waals surface area contributed by atoms with Gasteiger partial charge in [-0.1, -0.05) is 26.2 Å². The summed E-state index contributed by atoms with van der Waals surface area (Å²) in [5.41, 5.74) is 0. The van der Waals surface area contributed by atoms with Gasteiger partial charge < -0.3 is 19.3 Å². The highest BCUT2D eigenvalue weighted by molar-refractivity contribution is 7.99. The molecule has 1 N–H and O–H groups in total. The minimum atomic E-state index is 0.0777. The highest BCUT2D eigenvalue weighted by Crippen LogP contribution is 2.01. The van der Waals surface area contributed by atoms with E-state index < -0.39 is 0 Å². The lowest BCUT2D eigenvalue weighted by Gasteiger charge is -2.06. The molecule has 0 aliphatic heterocycles. The van der Waals surface area contributed by atoms with Crippen LogP contribution in [0.25, 0.3) is 0 Å². The van der Waals surface area contributed by atoms with Crippen molar-refractivity contribution in [2.75, 3.05) is 57.8 Å². The Balaban J connectivity index is 2.88. The van der Waals surface area contributed by atoms with Crippen LogP contribution in [0.3, 0.4) is 0 Å². The molecule has 0 saturated carbocycles. The van der Waals surface area contributed by atoms with Crippen LogP contribution in [0.5, 0.6) is 0 Å². The lowest BCUT2D eigenvalue weighted by atomic mass is 10.2. The van der Waals surface area contributed by atoms with Crippen LogP contribution in [0.1, 0.15) is 32.6 Å². The van der Waals surface area contributed by atoms with Gasteiger partial charge in [-0.2, -0.15) is 11.8 Å². The molecule has 0 radical (unpaired) electrons. The summed E-state index contributed by atoms with van der Waals surface area (Å²) in [4.78, 5) is 0. The van der Waals surface area contributed by atoms with Crippen LogP contribution < -0.4 is 0 Å². The topological polar surface area (TPSA) is 47.9 Å². The molecule has 0 unspecified atom stereocenters. The normalized spacial score (nSPS) is 11.1. The third-order valence-electron chi connectivity index (χ3n) is 2.49. The Morgan fingerprint density at radius 2 is 1.37 bits per heavy atom. The second-order valence-electron chi connectivity index (χ2n) is 4.23. The summed E-state index contributed by atoms with van der Waals surface area (Å²) in [6.07, 6.45) is 5.07. The summed E-state index contributed by atoms with van der Waals surface area (Å²) in [5, 5.41) is 8.49. The zero-order valence-corrected chi connectivity index (χ0v) is 13.1. The average molecular weight is 294 g/mol. The molecule has 19 heavy (non-hydrogen) atoms. The summed E-state index contributed by atoms with van der Waals surface area (Å²) in [5.74, 6) is 2.04. The Labute approximate surface area is 122 Å². The van der Waals surface area contributed by atoms with E-state index in [9.17, 15) is 0 Å². The van der Waals surface area contributed by atoms with Crippen molar-refractivity contribution in [3.63, 3.8) is 0 Å². The number of hydrogen-bond donors (Lipinski definition) is 1. The van der Waals surface area contributed by atoms with Crippen LogP contribution in [-0.4, -0.2) is 62.9 Å². The second kappa shape index (κ2) is 18.2. The first-order valence-corrected chi connectivity index (χ1v) is 8.49. The van der Waals surface area contributed by atoms with Crippen molar-refractivity contribution in [3.05, 3.63) is 0 Å². The molecule has 116 valence electrons. The Bertz CT molecular complexity index is 142. The predicted octanol–water partition coefficient (Wildman–Crippen LogP) is 2.34. The Kier molecular flexibility index (Phi) is 18.4. The van der Waals surface area contributed by atoms with Crippen molar-refractivity contribution in [2.24, 2.45) is 0 Å². The number of aliphatic hydroxyl groups is 1. The molecule has 0 aromatic rings. The van der Waals surface area contributed by atoms with E-state index in [1.807, 2.05) is 11.8 Å². The molecule has 0 spiro atoms. The lowest BCUT2D eigenvalue weighted by Crippen LogP contribution is -2.09. The summed E-state index contributed by atoms with van der Waals surface area (Å²) in [6.45, 7) is 6.36. The van der Waals surface area contributed by atoms with Crippen LogP contribution in [-0.2, 0) is 14.2 Å². The highest BCUT2D eigenvalue weighted by Gasteiger charge is 1.93. The van der Waals surface area contributed by atoms with Gasteiger partial charge in [0.15, 0.2) is 0 Å². The predicted molar refractivity (Wildman–Crippen MR) is 81.0 cm³/mol. The van der Waals surface area contributed by atoms with E-state index >= 15 is 0 Å². The van der Waals surface area contributed by atoms with Crippen molar-refractivity contribution < 1.29 is 19.3 Å². The summed E-state index contributed by atoms with van der Waals surface area (Å²) >= 11 is 1.86. The van der Waals surface area contributed by atoms with Crippen molar-refractivity contribution in [1.82, 2.24) is 0 Å². The molecule has 0 atom stereocenters. The molecule has 0 rings (SSSR count). The number of unbranched alkanes of at least 4 members (excludes halogenated alkanes) is 3. The quantitative estimate of drug-likeness (QED) is 0.443. The maximum Gasteiger partial charge on any atom is 0.0701 e. The minimum absolute atomic E-state index is 0.0777. The van der Waals surface area contributed by atoms with Gasteiger partial charge in [-0.25, -0.2) is 0 Å². The first-order chi connectivity index (χ1) is 9.41. The molecule has 4 nitrogen and oxygen atoms in total. The van der Waals surface area contributed by atoms with E-state index in [0.29, 0.717) is 19.8 Å². The first kappa shape index (κ1) is 19.2. The SMILES string of the molecule is CCCCCCOCCSCCOCCOCCO. The molecule has 0 amide bonds. The number of thioether (sulfide) groups is 1. The van der Waals surface area contributed by atoms with Gasteiger partial charge in [0.1, 0.15) is 0 Å². The monoisotopic (exact) mass is 294 g/mol. The fourth-order valence-corrected chi connectivity index (χ4v) is 2.13. The van der Waals surface area contributed by atoms with Gasteiger partial charge in [-0.05, 0) is 6.42 Å². The van der Waals surface area contributed by atoms with E-state index in [1.165, 1.54) is 25.7 Å². The van der Waals surface area contributed by atoms with Gasteiger partial charge in [0.25, 0.3) is 0 Å². The molecule has 0 fully saturated rings. The molecular weight excluding hydrogens is 264 g/mol. The van der Waals surface area contributed by atoms with E-state index in [4.69, 9.17) is 19.3 Å². The van der Waals surface area contributed by atoms with Gasteiger partial charge in [0, 0.05) is 18.1 Å². The molecule has 0 aliphatic rings. The maximum atomic E-state index is 8.49. The minimum Gasteiger partial charge on any atom is -0.394 e. The fraction of sp³-hybridized carbons (Fsp3) is 1.00. The van der Waals surface area contributed by atoms with Crippen molar-refractivity contribution >= 4 is 11.8 Å². The summed E-state index contributed by atoms with van der Waals surface area (Å²) in [7, 11) is 0. The molecule has 5 heteroatoms. The van der Waals surface area contributed by atoms with Crippen molar-refractivity contribution in [3.8, 4) is 0 Å². The van der Waals surface area contributed by atoms with Crippen molar-refractivity contribution in [2.45, 2.75) is 32.6 Å². The van der Waals surface area contributed by atoms with E-state index in [1.54, 1.807) is 0 Å².